The van der Waals surface area contributed by atoms with Crippen LogP contribution in [0.1, 0.15) is 113 Å². The molecule has 0 heterocycles. The average molecular weight is 443 g/mol. The molecule has 0 bridgehead atoms. The zero-order valence-electron chi connectivity index (χ0n) is 22.1. The molecule has 4 aliphatic carbocycles. The molecule has 4 rings (SSSR count). The van der Waals surface area contributed by atoms with Crippen LogP contribution in [-0.4, -0.2) is 12.1 Å². The maximum Gasteiger partial charge on any atom is 0.302 e. The molecule has 0 saturated heterocycles. The van der Waals surface area contributed by atoms with Crippen LogP contribution in [0.5, 0.6) is 0 Å². The van der Waals surface area contributed by atoms with Gasteiger partial charge in [-0.05, 0) is 104 Å². The van der Waals surface area contributed by atoms with Crippen LogP contribution in [0.3, 0.4) is 0 Å². The Hall–Kier alpha value is -0.790. The Morgan fingerprint density at radius 3 is 2.38 bits per heavy atom. The minimum atomic E-state index is -0.104. The molecule has 3 saturated carbocycles. The van der Waals surface area contributed by atoms with Crippen molar-refractivity contribution in [1.82, 2.24) is 0 Å². The number of allylic oxidation sites excluding steroid dienone is 2. The lowest BCUT2D eigenvalue weighted by molar-refractivity contribution is -0.152. The van der Waals surface area contributed by atoms with Gasteiger partial charge in [0.05, 0.1) is 0 Å². The molecule has 32 heavy (non-hydrogen) atoms. The predicted octanol–water partition coefficient (Wildman–Crippen LogP) is 8.21. The quantitative estimate of drug-likeness (QED) is 0.306. The molecule has 0 spiro atoms. The molecule has 0 radical (unpaired) electrons. The maximum absolute atomic E-state index is 11.5. The van der Waals surface area contributed by atoms with E-state index < -0.39 is 0 Å². The molecule has 9 atom stereocenters. The molecule has 0 aromatic heterocycles. The first-order valence-electron chi connectivity index (χ1n) is 13.9. The van der Waals surface area contributed by atoms with Crippen molar-refractivity contribution < 1.29 is 9.53 Å². The number of carbonyl (C=O) groups is 1. The van der Waals surface area contributed by atoms with E-state index in [1.165, 1.54) is 51.4 Å². The monoisotopic (exact) mass is 442 g/mol. The first-order chi connectivity index (χ1) is 15.1. The van der Waals surface area contributed by atoms with Gasteiger partial charge in [-0.15, -0.1) is 0 Å². The fraction of sp³-hybridized carbons (Fsp3) is 0.900. The SMILES string of the molecule is CC(=O)O[C@@H]1CC[C@@]2(C)[C@@H](CC=C3[C@H]2CC[C@]2(C)[C@@H]3CC[C@H]2[C@H](C)CC[C@H](C)C(C)C)C1. The van der Waals surface area contributed by atoms with Gasteiger partial charge in [-0.1, -0.05) is 66.0 Å². The van der Waals surface area contributed by atoms with Crippen LogP contribution in [0.25, 0.3) is 0 Å². The summed E-state index contributed by atoms with van der Waals surface area (Å²) in [4.78, 5) is 11.5. The molecule has 2 heteroatoms. The first-order valence-corrected chi connectivity index (χ1v) is 13.9. The largest absolute Gasteiger partial charge is 0.463 e. The Labute approximate surface area is 198 Å². The Morgan fingerprint density at radius 2 is 1.69 bits per heavy atom. The number of ether oxygens (including phenoxy) is 1. The molecule has 0 N–H and O–H groups in total. The van der Waals surface area contributed by atoms with Crippen molar-refractivity contribution in [2.75, 3.05) is 0 Å². The molecule has 182 valence electrons. The van der Waals surface area contributed by atoms with Gasteiger partial charge < -0.3 is 4.74 Å². The lowest BCUT2D eigenvalue weighted by Gasteiger charge is -2.58. The van der Waals surface area contributed by atoms with E-state index >= 15 is 0 Å². The van der Waals surface area contributed by atoms with Gasteiger partial charge in [-0.2, -0.15) is 0 Å². The van der Waals surface area contributed by atoms with E-state index in [1.54, 1.807) is 6.92 Å². The lowest BCUT2D eigenvalue weighted by Crippen LogP contribution is -2.50. The van der Waals surface area contributed by atoms with Gasteiger partial charge in [0.1, 0.15) is 6.10 Å². The molecule has 0 amide bonds. The topological polar surface area (TPSA) is 26.3 Å². The van der Waals surface area contributed by atoms with Crippen molar-refractivity contribution in [2.45, 2.75) is 119 Å². The summed E-state index contributed by atoms with van der Waals surface area (Å²) in [7, 11) is 0. The van der Waals surface area contributed by atoms with Crippen molar-refractivity contribution in [1.29, 1.82) is 0 Å². The minimum Gasteiger partial charge on any atom is -0.463 e. The highest BCUT2D eigenvalue weighted by Crippen LogP contribution is 2.67. The molecular formula is C30H50O2. The summed E-state index contributed by atoms with van der Waals surface area (Å²) in [5, 5.41) is 0. The second kappa shape index (κ2) is 9.10. The maximum atomic E-state index is 11.5. The summed E-state index contributed by atoms with van der Waals surface area (Å²) in [6, 6.07) is 0. The Kier molecular flexibility index (Phi) is 6.92. The molecular weight excluding hydrogens is 392 g/mol. The summed E-state index contributed by atoms with van der Waals surface area (Å²) in [5.74, 6) is 5.58. The lowest BCUT2D eigenvalue weighted by atomic mass is 9.47. The minimum absolute atomic E-state index is 0.104. The smallest absolute Gasteiger partial charge is 0.302 e. The predicted molar refractivity (Wildman–Crippen MR) is 133 cm³/mol. The van der Waals surface area contributed by atoms with Gasteiger partial charge in [-0.25, -0.2) is 0 Å². The van der Waals surface area contributed by atoms with Crippen molar-refractivity contribution in [3.05, 3.63) is 11.6 Å². The standard InChI is InChI=1S/C30H50O2/c1-19(2)20(3)8-9-21(4)26-12-13-27-25-11-10-23-18-24(32-22(5)31)14-16-29(23,6)28(25)15-17-30(26,27)7/h11,19-21,23-24,26-28H,8-10,12-18H2,1-7H3/t20-,21+,23-,24+,26-,27+,28+,29-,30-/m0/s1. The van der Waals surface area contributed by atoms with Crippen LogP contribution in [-0.2, 0) is 9.53 Å². The molecule has 2 nitrogen and oxygen atoms in total. The number of hydrogen-bond donors (Lipinski definition) is 0. The van der Waals surface area contributed by atoms with Crippen molar-refractivity contribution in [3.63, 3.8) is 0 Å². The van der Waals surface area contributed by atoms with Crippen LogP contribution < -0.4 is 0 Å². The van der Waals surface area contributed by atoms with Crippen molar-refractivity contribution in [3.8, 4) is 0 Å². The molecule has 0 unspecified atom stereocenters. The molecule has 0 aliphatic heterocycles. The van der Waals surface area contributed by atoms with Gasteiger partial charge in [-0.3, -0.25) is 4.79 Å². The van der Waals surface area contributed by atoms with E-state index in [-0.39, 0.29) is 12.1 Å². The number of esters is 1. The zero-order valence-corrected chi connectivity index (χ0v) is 22.1. The Balaban J connectivity index is 1.47. The van der Waals surface area contributed by atoms with Crippen LogP contribution in [0.4, 0.5) is 0 Å². The van der Waals surface area contributed by atoms with E-state index in [0.717, 1.165) is 48.3 Å². The van der Waals surface area contributed by atoms with Gasteiger partial charge >= 0.3 is 5.97 Å². The zero-order chi connectivity index (χ0) is 23.3. The summed E-state index contributed by atoms with van der Waals surface area (Å²) in [6.07, 6.45) is 15.9. The van der Waals surface area contributed by atoms with E-state index in [0.29, 0.717) is 16.7 Å². The van der Waals surface area contributed by atoms with Crippen molar-refractivity contribution in [2.24, 2.45) is 52.3 Å². The van der Waals surface area contributed by atoms with Crippen molar-refractivity contribution >= 4 is 5.97 Å². The average Bonchev–Trinajstić information content (AvgIpc) is 3.08. The molecule has 0 aromatic carbocycles. The van der Waals surface area contributed by atoms with Gasteiger partial charge in [0, 0.05) is 6.92 Å². The third kappa shape index (κ3) is 4.22. The highest BCUT2D eigenvalue weighted by molar-refractivity contribution is 5.66. The normalized spacial score (nSPS) is 43.0. The summed E-state index contributed by atoms with van der Waals surface area (Å²) in [6.45, 7) is 16.6. The van der Waals surface area contributed by atoms with E-state index in [9.17, 15) is 4.79 Å². The van der Waals surface area contributed by atoms with Gasteiger partial charge in [0.15, 0.2) is 0 Å². The highest BCUT2D eigenvalue weighted by Gasteiger charge is 2.58. The fourth-order valence-corrected chi connectivity index (χ4v) is 8.85. The molecule has 0 aromatic rings. The number of rotatable bonds is 6. The highest BCUT2D eigenvalue weighted by atomic mass is 16.5. The third-order valence-corrected chi connectivity index (χ3v) is 11.3. The fourth-order valence-electron chi connectivity index (χ4n) is 8.85. The first kappa shape index (κ1) is 24.3. The van der Waals surface area contributed by atoms with Crippen LogP contribution in [0.2, 0.25) is 0 Å². The summed E-state index contributed by atoms with van der Waals surface area (Å²) in [5.41, 5.74) is 2.79. The summed E-state index contributed by atoms with van der Waals surface area (Å²) < 4.78 is 5.64. The van der Waals surface area contributed by atoms with Crippen LogP contribution in [0, 0.1) is 52.3 Å². The number of fused-ring (bicyclic) bond motifs is 5. The number of hydrogen-bond acceptors (Lipinski definition) is 2. The number of carbonyl (C=O) groups excluding carboxylic acids is 1. The van der Waals surface area contributed by atoms with E-state index in [4.69, 9.17) is 4.74 Å². The molecule has 3 fully saturated rings. The molecule has 4 aliphatic rings. The third-order valence-electron chi connectivity index (χ3n) is 11.3. The van der Waals surface area contributed by atoms with Gasteiger partial charge in [0.25, 0.3) is 0 Å². The second-order valence-electron chi connectivity index (χ2n) is 13.3. The van der Waals surface area contributed by atoms with Crippen LogP contribution in [0.15, 0.2) is 11.6 Å². The Morgan fingerprint density at radius 1 is 1.00 bits per heavy atom. The van der Waals surface area contributed by atoms with E-state index in [1.807, 2.05) is 5.57 Å². The van der Waals surface area contributed by atoms with E-state index in [2.05, 4.69) is 47.6 Å². The Bertz CT molecular complexity index is 722. The second-order valence-corrected chi connectivity index (χ2v) is 13.3. The van der Waals surface area contributed by atoms with Gasteiger partial charge in [0.2, 0.25) is 0 Å². The van der Waals surface area contributed by atoms with Crippen LogP contribution >= 0.6 is 0 Å². The summed E-state index contributed by atoms with van der Waals surface area (Å²) >= 11 is 0.